The fourth-order valence-electron chi connectivity index (χ4n) is 4.80. The molecular formula is C24H40O3. The summed E-state index contributed by atoms with van der Waals surface area (Å²) >= 11 is 0. The van der Waals surface area contributed by atoms with E-state index in [-0.39, 0.29) is 18.0 Å². The molecular weight excluding hydrogens is 336 g/mol. The molecule has 0 heterocycles. The van der Waals surface area contributed by atoms with Gasteiger partial charge in [0.2, 0.25) is 0 Å². The van der Waals surface area contributed by atoms with Crippen LogP contribution in [0.5, 0.6) is 0 Å². The van der Waals surface area contributed by atoms with Crippen LogP contribution in [0.2, 0.25) is 0 Å². The summed E-state index contributed by atoms with van der Waals surface area (Å²) in [5, 5.41) is 10.4. The number of unbranched alkanes of at least 4 members (excludes halogenated alkanes) is 8. The molecule has 3 nitrogen and oxygen atoms in total. The average molecular weight is 377 g/mol. The lowest BCUT2D eigenvalue weighted by molar-refractivity contribution is -0.140. The van der Waals surface area contributed by atoms with E-state index in [0.29, 0.717) is 18.3 Å². The highest BCUT2D eigenvalue weighted by atomic mass is 16.5. The molecule has 1 saturated carbocycles. The number of methoxy groups -OCH3 is 1. The Labute approximate surface area is 166 Å². The number of hydrogen-bond donors (Lipinski definition) is 1. The molecule has 4 atom stereocenters. The normalized spacial score (nSPS) is 27.1. The van der Waals surface area contributed by atoms with Gasteiger partial charge >= 0.3 is 5.97 Å². The Balaban J connectivity index is 1.62. The van der Waals surface area contributed by atoms with Crippen molar-refractivity contribution in [3.8, 4) is 0 Å². The summed E-state index contributed by atoms with van der Waals surface area (Å²) in [6.07, 6.45) is 21.9. The van der Waals surface area contributed by atoms with Gasteiger partial charge in [0.05, 0.1) is 13.2 Å². The van der Waals surface area contributed by atoms with Gasteiger partial charge < -0.3 is 9.84 Å². The van der Waals surface area contributed by atoms with E-state index >= 15 is 0 Å². The van der Waals surface area contributed by atoms with Crippen LogP contribution in [-0.2, 0) is 9.53 Å². The van der Waals surface area contributed by atoms with Crippen LogP contribution >= 0.6 is 0 Å². The van der Waals surface area contributed by atoms with Crippen molar-refractivity contribution in [1.29, 1.82) is 0 Å². The van der Waals surface area contributed by atoms with E-state index in [4.69, 9.17) is 4.74 Å². The van der Waals surface area contributed by atoms with Crippen molar-refractivity contribution < 1.29 is 14.6 Å². The first-order chi connectivity index (χ1) is 13.2. The third kappa shape index (κ3) is 7.44. The highest BCUT2D eigenvalue weighted by molar-refractivity contribution is 5.69. The molecule has 0 amide bonds. The van der Waals surface area contributed by atoms with Gasteiger partial charge in [0.25, 0.3) is 0 Å². The number of carbonyl (C=O) groups excluding carboxylic acids is 1. The Morgan fingerprint density at radius 2 is 1.89 bits per heavy atom. The van der Waals surface area contributed by atoms with Crippen molar-refractivity contribution in [2.45, 2.75) is 96.5 Å². The van der Waals surface area contributed by atoms with Gasteiger partial charge in [-0.3, -0.25) is 4.79 Å². The first-order valence-electron chi connectivity index (χ1n) is 11.3. The van der Waals surface area contributed by atoms with Gasteiger partial charge in [-0.15, -0.1) is 0 Å². The monoisotopic (exact) mass is 376 g/mol. The summed E-state index contributed by atoms with van der Waals surface area (Å²) in [7, 11) is 1.45. The number of hydrogen-bond acceptors (Lipinski definition) is 3. The predicted octanol–water partition coefficient (Wildman–Crippen LogP) is 5.97. The lowest BCUT2D eigenvalue weighted by Crippen LogP contribution is -2.17. The Kier molecular flexibility index (Phi) is 10.2. The summed E-state index contributed by atoms with van der Waals surface area (Å²) in [6.45, 7) is 2.26. The van der Waals surface area contributed by atoms with Crippen molar-refractivity contribution in [2.24, 2.45) is 17.8 Å². The van der Waals surface area contributed by atoms with E-state index < -0.39 is 0 Å². The van der Waals surface area contributed by atoms with Crippen molar-refractivity contribution in [3.63, 3.8) is 0 Å². The maximum atomic E-state index is 11.3. The molecule has 1 fully saturated rings. The third-order valence-corrected chi connectivity index (χ3v) is 6.41. The van der Waals surface area contributed by atoms with Crippen LogP contribution in [0.15, 0.2) is 23.8 Å². The molecule has 154 valence electrons. The van der Waals surface area contributed by atoms with Crippen LogP contribution in [0.25, 0.3) is 0 Å². The van der Waals surface area contributed by atoms with Crippen LogP contribution in [-0.4, -0.2) is 24.3 Å². The molecule has 0 saturated heterocycles. The Hall–Kier alpha value is -1.09. The third-order valence-electron chi connectivity index (χ3n) is 6.41. The summed E-state index contributed by atoms with van der Waals surface area (Å²) in [4.78, 5) is 11.3. The zero-order valence-electron chi connectivity index (χ0n) is 17.5. The standard InChI is InChI=1S/C24H40O3/c1-3-4-5-6-7-8-9-10-11-12-13-21-22-17-19(14-15-24(26)27-2)16-20(22)18-23(21)25/h12-13,16,20-23,25H,3-11,14-15,17-18H2,1-2H3/t20-,21+,22-,23+/m0/s1. The van der Waals surface area contributed by atoms with E-state index in [9.17, 15) is 9.90 Å². The molecule has 27 heavy (non-hydrogen) atoms. The topological polar surface area (TPSA) is 46.5 Å². The second kappa shape index (κ2) is 12.4. The lowest BCUT2D eigenvalue weighted by Gasteiger charge is -2.18. The second-order valence-electron chi connectivity index (χ2n) is 8.50. The SMILES string of the molecule is CCCCCCCCCCC=C[C@@H]1[C@H]2CC(CCC(=O)OC)=C[C@H]2C[C@H]1O. The molecule has 2 rings (SSSR count). The van der Waals surface area contributed by atoms with Gasteiger partial charge in [0.15, 0.2) is 0 Å². The van der Waals surface area contributed by atoms with Gasteiger partial charge in [-0.25, -0.2) is 0 Å². The first kappa shape index (κ1) is 22.2. The fourth-order valence-corrected chi connectivity index (χ4v) is 4.80. The van der Waals surface area contributed by atoms with Gasteiger partial charge in [0, 0.05) is 12.3 Å². The molecule has 0 aliphatic heterocycles. The van der Waals surface area contributed by atoms with Gasteiger partial charge in [0.1, 0.15) is 0 Å². The Bertz CT molecular complexity index is 494. The molecule has 0 unspecified atom stereocenters. The number of ether oxygens (including phenoxy) is 1. The van der Waals surface area contributed by atoms with Crippen LogP contribution in [0.4, 0.5) is 0 Å². The molecule has 0 aromatic carbocycles. The Morgan fingerprint density at radius 1 is 1.19 bits per heavy atom. The van der Waals surface area contributed by atoms with Crippen LogP contribution < -0.4 is 0 Å². The predicted molar refractivity (Wildman–Crippen MR) is 111 cm³/mol. The number of esters is 1. The maximum Gasteiger partial charge on any atom is 0.305 e. The molecule has 0 bridgehead atoms. The summed E-state index contributed by atoms with van der Waals surface area (Å²) < 4.78 is 4.74. The molecule has 0 spiro atoms. The number of aliphatic hydroxyl groups excluding tert-OH is 1. The first-order valence-corrected chi connectivity index (χ1v) is 11.3. The minimum absolute atomic E-state index is 0.130. The van der Waals surface area contributed by atoms with E-state index in [1.54, 1.807) is 0 Å². The number of allylic oxidation sites excluding steroid dienone is 3. The molecule has 0 aromatic rings. The summed E-state index contributed by atoms with van der Waals surface area (Å²) in [5.74, 6) is 1.18. The zero-order valence-corrected chi connectivity index (χ0v) is 17.5. The smallest absolute Gasteiger partial charge is 0.305 e. The van der Waals surface area contributed by atoms with Crippen molar-refractivity contribution in [3.05, 3.63) is 23.8 Å². The van der Waals surface area contributed by atoms with Crippen molar-refractivity contribution in [2.75, 3.05) is 7.11 Å². The van der Waals surface area contributed by atoms with E-state index in [1.807, 2.05) is 0 Å². The molecule has 0 radical (unpaired) electrons. The van der Waals surface area contributed by atoms with E-state index in [1.165, 1.54) is 64.0 Å². The van der Waals surface area contributed by atoms with E-state index in [2.05, 4.69) is 25.2 Å². The Morgan fingerprint density at radius 3 is 2.59 bits per heavy atom. The fraction of sp³-hybridized carbons (Fsp3) is 0.792. The number of carbonyl (C=O) groups is 1. The molecule has 3 heteroatoms. The summed E-state index contributed by atoms with van der Waals surface area (Å²) in [5.41, 5.74) is 1.38. The number of fused-ring (bicyclic) bond motifs is 1. The number of rotatable bonds is 13. The quantitative estimate of drug-likeness (QED) is 0.245. The molecule has 0 aromatic heterocycles. The minimum Gasteiger partial charge on any atom is -0.469 e. The zero-order chi connectivity index (χ0) is 19.5. The lowest BCUT2D eigenvalue weighted by atomic mass is 9.88. The highest BCUT2D eigenvalue weighted by Crippen LogP contribution is 2.48. The van der Waals surface area contributed by atoms with Gasteiger partial charge in [-0.2, -0.15) is 0 Å². The van der Waals surface area contributed by atoms with Gasteiger partial charge in [-0.05, 0) is 43.9 Å². The van der Waals surface area contributed by atoms with Crippen LogP contribution in [0.3, 0.4) is 0 Å². The second-order valence-corrected chi connectivity index (χ2v) is 8.50. The molecule has 1 N–H and O–H groups in total. The van der Waals surface area contributed by atoms with Gasteiger partial charge in [-0.1, -0.05) is 75.7 Å². The summed E-state index contributed by atoms with van der Waals surface area (Å²) in [6, 6.07) is 0. The average Bonchev–Trinajstić information content (AvgIpc) is 3.18. The van der Waals surface area contributed by atoms with Crippen LogP contribution in [0.1, 0.15) is 90.4 Å². The highest BCUT2D eigenvalue weighted by Gasteiger charge is 2.43. The largest absolute Gasteiger partial charge is 0.469 e. The molecule has 2 aliphatic carbocycles. The maximum absolute atomic E-state index is 11.3. The van der Waals surface area contributed by atoms with E-state index in [0.717, 1.165) is 25.7 Å². The number of aliphatic hydroxyl groups is 1. The minimum atomic E-state index is -0.201. The van der Waals surface area contributed by atoms with Crippen molar-refractivity contribution in [1.82, 2.24) is 0 Å². The van der Waals surface area contributed by atoms with Crippen molar-refractivity contribution >= 4 is 5.97 Å². The van der Waals surface area contributed by atoms with Crippen LogP contribution in [0, 0.1) is 17.8 Å². The molecule has 2 aliphatic rings.